The molecule has 0 aliphatic heterocycles. The molecule has 0 atom stereocenters. The van der Waals surface area contributed by atoms with Gasteiger partial charge in [0.15, 0.2) is 5.82 Å². The molecule has 45 heavy (non-hydrogen) atoms. The molecule has 0 radical (unpaired) electrons. The third-order valence-electron chi connectivity index (χ3n) is 8.66. The second-order valence-electron chi connectivity index (χ2n) is 11.4. The van der Waals surface area contributed by atoms with Gasteiger partial charge in [0.25, 0.3) is 0 Å². The Kier molecular flexibility index (Phi) is 6.03. The molecule has 2 nitrogen and oxygen atoms in total. The van der Waals surface area contributed by atoms with Gasteiger partial charge in [-0.15, -0.1) is 11.3 Å². The Hall–Kier alpha value is -5.64. The molecule has 210 valence electrons. The molecule has 0 amide bonds. The Morgan fingerprint density at radius 3 is 1.82 bits per heavy atom. The van der Waals surface area contributed by atoms with Gasteiger partial charge in [0.1, 0.15) is 0 Å². The van der Waals surface area contributed by atoms with Crippen molar-refractivity contribution in [2.45, 2.75) is 0 Å². The van der Waals surface area contributed by atoms with Gasteiger partial charge in [-0.3, -0.25) is 0 Å². The van der Waals surface area contributed by atoms with Crippen LogP contribution in [0.2, 0.25) is 0 Å². The summed E-state index contributed by atoms with van der Waals surface area (Å²) in [6.45, 7) is 0. The zero-order valence-electron chi connectivity index (χ0n) is 24.3. The lowest BCUT2D eigenvalue weighted by Gasteiger charge is -2.11. The van der Waals surface area contributed by atoms with E-state index in [1.165, 1.54) is 47.6 Å². The fraction of sp³-hybridized carbons (Fsp3) is 0. The summed E-state index contributed by atoms with van der Waals surface area (Å²) in [6.07, 6.45) is 0. The summed E-state index contributed by atoms with van der Waals surface area (Å²) in [7, 11) is 0. The highest BCUT2D eigenvalue weighted by Crippen LogP contribution is 2.40. The van der Waals surface area contributed by atoms with E-state index < -0.39 is 0 Å². The molecule has 0 fully saturated rings. The average Bonchev–Trinajstić information content (AvgIpc) is 3.50. The quantitative estimate of drug-likeness (QED) is 0.204. The van der Waals surface area contributed by atoms with Gasteiger partial charge in [-0.05, 0) is 57.3 Å². The van der Waals surface area contributed by atoms with Gasteiger partial charge in [-0.1, -0.05) is 133 Å². The molecule has 7 aromatic carbocycles. The van der Waals surface area contributed by atoms with E-state index in [-0.39, 0.29) is 0 Å². The average molecular weight is 591 g/mol. The molecule has 0 N–H and O–H groups in total. The molecule has 2 heterocycles. The number of nitrogens with zero attached hydrogens (tertiary/aromatic N) is 2. The number of hydrogen-bond donors (Lipinski definition) is 0. The summed E-state index contributed by atoms with van der Waals surface area (Å²) >= 11 is 1.89. The standard InChI is InChI=1S/C42H26N2S/c1-2-11-28(12-3-1)40-37-18-6-7-19-38(37)43-42(44-40)33-16-9-15-31(25-33)29-13-8-14-30(24-29)32-21-22-35-36-23-20-27-10-4-5-17-34(27)41(36)45-39(35)26-32/h1-26H. The molecular formula is C42H26N2S. The van der Waals surface area contributed by atoms with Crippen molar-refractivity contribution in [1.29, 1.82) is 0 Å². The zero-order valence-corrected chi connectivity index (χ0v) is 25.1. The molecule has 0 bridgehead atoms. The van der Waals surface area contributed by atoms with Gasteiger partial charge < -0.3 is 0 Å². The van der Waals surface area contributed by atoms with Gasteiger partial charge in [-0.2, -0.15) is 0 Å². The molecule has 0 spiro atoms. The number of thiophene rings is 1. The van der Waals surface area contributed by atoms with Crippen LogP contribution in [0.3, 0.4) is 0 Å². The van der Waals surface area contributed by atoms with Crippen molar-refractivity contribution in [2.24, 2.45) is 0 Å². The van der Waals surface area contributed by atoms with Gasteiger partial charge in [0, 0.05) is 36.7 Å². The maximum atomic E-state index is 5.10. The number of rotatable bonds is 4. The van der Waals surface area contributed by atoms with Crippen molar-refractivity contribution in [3.63, 3.8) is 0 Å². The van der Waals surface area contributed by atoms with E-state index in [1.807, 2.05) is 29.5 Å². The zero-order chi connectivity index (χ0) is 29.7. The molecule has 0 saturated heterocycles. The summed E-state index contributed by atoms with van der Waals surface area (Å²) in [5, 5.41) is 6.32. The highest BCUT2D eigenvalue weighted by atomic mass is 32.1. The molecule has 0 aliphatic carbocycles. The number of fused-ring (bicyclic) bond motifs is 6. The number of para-hydroxylation sites is 1. The van der Waals surface area contributed by atoms with Gasteiger partial charge in [0.2, 0.25) is 0 Å². The molecule has 9 rings (SSSR count). The van der Waals surface area contributed by atoms with Crippen molar-refractivity contribution >= 4 is 53.2 Å². The van der Waals surface area contributed by atoms with Crippen LogP contribution in [0.25, 0.3) is 86.7 Å². The van der Waals surface area contributed by atoms with Crippen molar-refractivity contribution < 1.29 is 0 Å². The van der Waals surface area contributed by atoms with Crippen molar-refractivity contribution in [2.75, 3.05) is 0 Å². The third-order valence-corrected chi connectivity index (χ3v) is 9.87. The summed E-state index contributed by atoms with van der Waals surface area (Å²) in [4.78, 5) is 10.1. The van der Waals surface area contributed by atoms with Crippen LogP contribution in [0, 0.1) is 0 Å². The summed E-state index contributed by atoms with van der Waals surface area (Å²) in [6, 6.07) is 56.1. The minimum absolute atomic E-state index is 0.730. The minimum Gasteiger partial charge on any atom is -0.228 e. The van der Waals surface area contributed by atoms with Crippen molar-refractivity contribution in [3.05, 3.63) is 158 Å². The van der Waals surface area contributed by atoms with E-state index in [1.54, 1.807) is 0 Å². The smallest absolute Gasteiger partial charge is 0.160 e. The predicted octanol–water partition coefficient (Wildman–Crippen LogP) is 11.8. The van der Waals surface area contributed by atoms with E-state index in [0.717, 1.165) is 39.1 Å². The molecule has 0 saturated carbocycles. The van der Waals surface area contributed by atoms with E-state index in [4.69, 9.17) is 9.97 Å². The Labute approximate surface area is 264 Å². The second kappa shape index (κ2) is 10.5. The van der Waals surface area contributed by atoms with E-state index in [0.29, 0.717) is 0 Å². The first kappa shape index (κ1) is 25.8. The van der Waals surface area contributed by atoms with Crippen LogP contribution >= 0.6 is 11.3 Å². The SMILES string of the molecule is c1ccc(-c2nc(-c3cccc(-c4cccc(-c5ccc6c(c5)sc5c7ccccc7ccc65)c4)c3)nc3ccccc23)cc1. The van der Waals surface area contributed by atoms with Crippen LogP contribution in [0.1, 0.15) is 0 Å². The first-order valence-electron chi connectivity index (χ1n) is 15.2. The fourth-order valence-corrected chi connectivity index (χ4v) is 7.70. The first-order chi connectivity index (χ1) is 22.3. The maximum absolute atomic E-state index is 5.10. The van der Waals surface area contributed by atoms with Crippen molar-refractivity contribution in [3.8, 4) is 44.9 Å². The third kappa shape index (κ3) is 4.48. The predicted molar refractivity (Wildman–Crippen MR) is 192 cm³/mol. The molecule has 2 aromatic heterocycles. The summed E-state index contributed by atoms with van der Waals surface area (Å²) in [5.74, 6) is 0.730. The number of benzene rings is 7. The normalized spacial score (nSPS) is 11.6. The largest absolute Gasteiger partial charge is 0.228 e. The lowest BCUT2D eigenvalue weighted by atomic mass is 9.97. The highest BCUT2D eigenvalue weighted by molar-refractivity contribution is 7.26. The monoisotopic (exact) mass is 590 g/mol. The van der Waals surface area contributed by atoms with Gasteiger partial charge in [-0.25, -0.2) is 9.97 Å². The van der Waals surface area contributed by atoms with Gasteiger partial charge >= 0.3 is 0 Å². The highest BCUT2D eigenvalue weighted by Gasteiger charge is 2.13. The van der Waals surface area contributed by atoms with E-state index >= 15 is 0 Å². The van der Waals surface area contributed by atoms with Crippen LogP contribution in [-0.4, -0.2) is 9.97 Å². The Balaban J connectivity index is 1.11. The van der Waals surface area contributed by atoms with Crippen LogP contribution in [-0.2, 0) is 0 Å². The van der Waals surface area contributed by atoms with Crippen LogP contribution < -0.4 is 0 Å². The molecule has 0 aliphatic rings. The van der Waals surface area contributed by atoms with Crippen LogP contribution in [0.5, 0.6) is 0 Å². The first-order valence-corrected chi connectivity index (χ1v) is 16.0. The summed E-state index contributed by atoms with van der Waals surface area (Å²) in [5.41, 5.74) is 8.72. The van der Waals surface area contributed by atoms with E-state index in [9.17, 15) is 0 Å². The van der Waals surface area contributed by atoms with Gasteiger partial charge in [0.05, 0.1) is 11.2 Å². The fourth-order valence-electron chi connectivity index (χ4n) is 6.42. The second-order valence-corrected chi connectivity index (χ2v) is 12.5. The van der Waals surface area contributed by atoms with Crippen LogP contribution in [0.4, 0.5) is 0 Å². The van der Waals surface area contributed by atoms with E-state index in [2.05, 4.69) is 140 Å². The molecule has 9 aromatic rings. The molecular weight excluding hydrogens is 565 g/mol. The Morgan fingerprint density at radius 2 is 1.00 bits per heavy atom. The van der Waals surface area contributed by atoms with Crippen LogP contribution in [0.15, 0.2) is 158 Å². The number of aromatic nitrogens is 2. The topological polar surface area (TPSA) is 25.8 Å². The lowest BCUT2D eigenvalue weighted by Crippen LogP contribution is -1.95. The molecule has 3 heteroatoms. The maximum Gasteiger partial charge on any atom is 0.160 e. The minimum atomic E-state index is 0.730. The summed E-state index contributed by atoms with van der Waals surface area (Å²) < 4.78 is 2.67. The van der Waals surface area contributed by atoms with Crippen molar-refractivity contribution in [1.82, 2.24) is 9.97 Å². The molecule has 0 unspecified atom stereocenters. The Bertz CT molecular complexity index is 2550. The Morgan fingerprint density at radius 1 is 0.378 bits per heavy atom. The lowest BCUT2D eigenvalue weighted by molar-refractivity contribution is 1.23. The number of hydrogen-bond acceptors (Lipinski definition) is 3.